The zero-order valence-electron chi connectivity index (χ0n) is 11.1. The zero-order valence-corrected chi connectivity index (χ0v) is 13.5. The van der Waals surface area contributed by atoms with Gasteiger partial charge in [0.05, 0.1) is 4.90 Å². The third kappa shape index (κ3) is 5.43. The van der Waals surface area contributed by atoms with Crippen LogP contribution in [0, 0.1) is 5.82 Å². The summed E-state index contributed by atoms with van der Waals surface area (Å²) in [5, 5.41) is 4.82. The smallest absolute Gasteiger partial charge is 0.243 e. The Morgan fingerprint density at radius 1 is 1.29 bits per heavy atom. The molecule has 7 nitrogen and oxygen atoms in total. The van der Waals surface area contributed by atoms with Crippen molar-refractivity contribution in [2.75, 3.05) is 18.6 Å². The van der Waals surface area contributed by atoms with Gasteiger partial charge < -0.3 is 0 Å². The summed E-state index contributed by atoms with van der Waals surface area (Å²) >= 11 is 0. The van der Waals surface area contributed by atoms with Gasteiger partial charge in [0.25, 0.3) is 0 Å². The maximum atomic E-state index is 13.7. The Kier molecular flexibility index (Phi) is 5.99. The van der Waals surface area contributed by atoms with Crippen molar-refractivity contribution in [2.45, 2.75) is 16.2 Å². The number of nitrogens with one attached hydrogen (secondary N) is 1. The van der Waals surface area contributed by atoms with Crippen molar-refractivity contribution in [3.8, 4) is 0 Å². The molecule has 0 radical (unpaired) electrons. The van der Waals surface area contributed by atoms with Crippen LogP contribution in [-0.4, -0.2) is 39.6 Å². The third-order valence-electron chi connectivity index (χ3n) is 2.42. The minimum atomic E-state index is -4.11. The van der Waals surface area contributed by atoms with Crippen molar-refractivity contribution in [1.82, 2.24) is 4.72 Å². The van der Waals surface area contributed by atoms with Crippen LogP contribution in [0.25, 0.3) is 0 Å². The fraction of sp³-hybridized carbons (Fsp3) is 0.400. The molecular formula is C10H15FN2O5S3. The van der Waals surface area contributed by atoms with Gasteiger partial charge >= 0.3 is 0 Å². The summed E-state index contributed by atoms with van der Waals surface area (Å²) in [5.74, 6) is -0.900. The first kappa shape index (κ1) is 18.2. The van der Waals surface area contributed by atoms with Crippen molar-refractivity contribution in [3.63, 3.8) is 0 Å². The standard InChI is InChI=1S/C10H15FN2O5S3/c1-19(14)6-2-5-13-21(17,18)10-4-3-8(7-9(10)11)20(12,15)16/h3-4,7,13H,2,5-6H2,1H3,(H2,12,15,16). The SMILES string of the molecule is CS(=O)CCCNS(=O)(=O)c1ccc(S(N)(=O)=O)cc1F. The van der Waals surface area contributed by atoms with Crippen molar-refractivity contribution >= 4 is 30.8 Å². The predicted molar refractivity (Wildman–Crippen MR) is 76.5 cm³/mol. The second kappa shape index (κ2) is 6.92. The highest BCUT2D eigenvalue weighted by Crippen LogP contribution is 2.18. The molecule has 1 atom stereocenters. The molecule has 1 rings (SSSR count). The van der Waals surface area contributed by atoms with Gasteiger partial charge in [-0.15, -0.1) is 0 Å². The Bertz CT molecular complexity index is 746. The van der Waals surface area contributed by atoms with Crippen LogP contribution in [0.3, 0.4) is 0 Å². The molecule has 120 valence electrons. The summed E-state index contributed by atoms with van der Waals surface area (Å²) in [6.45, 7) is -0.00169. The Morgan fingerprint density at radius 3 is 2.38 bits per heavy atom. The van der Waals surface area contributed by atoms with Crippen LogP contribution in [0.5, 0.6) is 0 Å². The maximum absolute atomic E-state index is 13.7. The highest BCUT2D eigenvalue weighted by molar-refractivity contribution is 7.89. The van der Waals surface area contributed by atoms with Crippen molar-refractivity contribution < 1.29 is 25.4 Å². The van der Waals surface area contributed by atoms with Gasteiger partial charge in [0.2, 0.25) is 20.0 Å². The summed E-state index contributed by atoms with van der Waals surface area (Å²) in [5.41, 5.74) is 0. The Hall–Kier alpha value is -0.880. The summed E-state index contributed by atoms with van der Waals surface area (Å²) in [7, 11) is -9.26. The van der Waals surface area contributed by atoms with Crippen LogP contribution in [0.1, 0.15) is 6.42 Å². The minimum Gasteiger partial charge on any atom is -0.260 e. The van der Waals surface area contributed by atoms with Gasteiger partial charge in [-0.3, -0.25) is 4.21 Å². The van der Waals surface area contributed by atoms with E-state index in [1.807, 2.05) is 0 Å². The largest absolute Gasteiger partial charge is 0.260 e. The predicted octanol–water partition coefficient (Wildman–Crippen LogP) is -0.480. The lowest BCUT2D eigenvalue weighted by Crippen LogP contribution is -2.26. The fourth-order valence-corrected chi connectivity index (χ4v) is 3.64. The molecule has 0 saturated heterocycles. The van der Waals surface area contributed by atoms with E-state index in [1.165, 1.54) is 6.26 Å². The Labute approximate surface area is 125 Å². The molecule has 1 aromatic rings. The van der Waals surface area contributed by atoms with Crippen LogP contribution in [0.15, 0.2) is 28.0 Å². The molecule has 0 aliphatic heterocycles. The maximum Gasteiger partial charge on any atom is 0.243 e. The molecule has 0 aliphatic carbocycles. The molecule has 0 spiro atoms. The molecule has 0 fully saturated rings. The number of hydrogen-bond acceptors (Lipinski definition) is 5. The van der Waals surface area contributed by atoms with Gasteiger partial charge in [-0.25, -0.2) is 31.1 Å². The average molecular weight is 358 g/mol. The van der Waals surface area contributed by atoms with Gasteiger partial charge in [-0.2, -0.15) is 0 Å². The van der Waals surface area contributed by atoms with Gasteiger partial charge in [0.1, 0.15) is 10.7 Å². The number of nitrogens with two attached hydrogens (primary N) is 1. The van der Waals surface area contributed by atoms with Gasteiger partial charge in [-0.05, 0) is 24.6 Å². The van der Waals surface area contributed by atoms with Gasteiger partial charge in [-0.1, -0.05) is 0 Å². The minimum absolute atomic E-state index is 0.00169. The molecule has 0 saturated carbocycles. The molecule has 0 bridgehead atoms. The summed E-state index contributed by atoms with van der Waals surface area (Å²) < 4.78 is 72.5. The van der Waals surface area contributed by atoms with E-state index in [-0.39, 0.29) is 6.54 Å². The van der Waals surface area contributed by atoms with Gasteiger partial charge in [0.15, 0.2) is 0 Å². The van der Waals surface area contributed by atoms with Crippen molar-refractivity contribution in [1.29, 1.82) is 0 Å². The number of hydrogen-bond donors (Lipinski definition) is 2. The quantitative estimate of drug-likeness (QED) is 0.637. The van der Waals surface area contributed by atoms with Crippen LogP contribution < -0.4 is 9.86 Å². The lowest BCUT2D eigenvalue weighted by Gasteiger charge is -2.08. The molecule has 21 heavy (non-hydrogen) atoms. The fourth-order valence-electron chi connectivity index (χ4n) is 1.44. The van der Waals surface area contributed by atoms with Crippen molar-refractivity contribution in [2.24, 2.45) is 5.14 Å². The van der Waals surface area contributed by atoms with Crippen LogP contribution in [-0.2, 0) is 30.8 Å². The third-order valence-corrected chi connectivity index (χ3v) is 5.69. The van der Waals surface area contributed by atoms with E-state index in [1.54, 1.807) is 0 Å². The van der Waals surface area contributed by atoms with E-state index in [0.717, 1.165) is 12.1 Å². The van der Waals surface area contributed by atoms with E-state index < -0.39 is 46.5 Å². The first-order chi connectivity index (χ1) is 9.54. The molecule has 1 aromatic carbocycles. The van der Waals surface area contributed by atoms with E-state index in [9.17, 15) is 25.4 Å². The zero-order chi connectivity index (χ0) is 16.3. The van der Waals surface area contributed by atoms with E-state index in [4.69, 9.17) is 5.14 Å². The summed E-state index contributed by atoms with van der Waals surface area (Å²) in [6, 6.07) is 2.29. The normalized spacial score (nSPS) is 14.0. The molecule has 0 amide bonds. The number of sulfonamides is 2. The van der Waals surface area contributed by atoms with Crippen molar-refractivity contribution in [3.05, 3.63) is 24.0 Å². The number of rotatable bonds is 7. The average Bonchev–Trinajstić information content (AvgIpc) is 2.33. The number of halogens is 1. The monoisotopic (exact) mass is 358 g/mol. The highest BCUT2D eigenvalue weighted by Gasteiger charge is 2.20. The second-order valence-corrected chi connectivity index (χ2v) is 9.02. The summed E-state index contributed by atoms with van der Waals surface area (Å²) in [4.78, 5) is -1.19. The second-order valence-electron chi connectivity index (χ2n) is 4.17. The Balaban J connectivity index is 2.92. The van der Waals surface area contributed by atoms with E-state index in [0.29, 0.717) is 18.2 Å². The molecule has 0 aliphatic rings. The molecule has 1 unspecified atom stereocenters. The molecule has 0 aromatic heterocycles. The molecule has 11 heteroatoms. The lowest BCUT2D eigenvalue weighted by molar-refractivity contribution is 0.552. The molecule has 0 heterocycles. The summed E-state index contributed by atoms with van der Waals surface area (Å²) in [6.07, 6.45) is 1.82. The number of benzene rings is 1. The van der Waals surface area contributed by atoms with E-state index >= 15 is 0 Å². The first-order valence-corrected chi connectivity index (χ1v) is 10.4. The highest BCUT2D eigenvalue weighted by atomic mass is 32.2. The van der Waals surface area contributed by atoms with Crippen LogP contribution >= 0.6 is 0 Å². The Morgan fingerprint density at radius 2 is 1.90 bits per heavy atom. The topological polar surface area (TPSA) is 123 Å². The van der Waals surface area contributed by atoms with Gasteiger partial charge in [0, 0.05) is 29.4 Å². The number of primary sulfonamides is 1. The van der Waals surface area contributed by atoms with E-state index in [2.05, 4.69) is 4.72 Å². The first-order valence-electron chi connectivity index (χ1n) is 5.66. The van der Waals surface area contributed by atoms with Crippen LogP contribution in [0.4, 0.5) is 4.39 Å². The molecule has 3 N–H and O–H groups in total. The lowest BCUT2D eigenvalue weighted by atomic mass is 10.3. The molecular weight excluding hydrogens is 343 g/mol. The van der Waals surface area contributed by atoms with Crippen LogP contribution in [0.2, 0.25) is 0 Å².